The molecule has 0 aliphatic rings. The zero-order valence-corrected chi connectivity index (χ0v) is 11.5. The van der Waals surface area contributed by atoms with Crippen molar-refractivity contribution in [2.75, 3.05) is 12.3 Å². The Kier molecular flexibility index (Phi) is 4.41. The number of ether oxygens (including phenoxy) is 1. The summed E-state index contributed by atoms with van der Waals surface area (Å²) in [5, 5.41) is 2.81. The molecule has 0 saturated carbocycles. The van der Waals surface area contributed by atoms with E-state index in [0.29, 0.717) is 18.0 Å². The molecule has 19 heavy (non-hydrogen) atoms. The van der Waals surface area contributed by atoms with E-state index < -0.39 is 0 Å². The number of benzene rings is 1. The van der Waals surface area contributed by atoms with E-state index in [9.17, 15) is 4.79 Å². The molecule has 5 heteroatoms. The van der Waals surface area contributed by atoms with Gasteiger partial charge in [0.05, 0.1) is 12.2 Å². The maximum atomic E-state index is 11.6. The molecule has 1 aromatic heterocycles. The van der Waals surface area contributed by atoms with E-state index in [0.717, 1.165) is 4.88 Å². The minimum absolute atomic E-state index is 0.0292. The number of carbonyl (C=O) groups is 1. The van der Waals surface area contributed by atoms with E-state index in [1.165, 1.54) is 4.88 Å². The van der Waals surface area contributed by atoms with Gasteiger partial charge in [-0.1, -0.05) is 12.1 Å². The third kappa shape index (κ3) is 3.99. The summed E-state index contributed by atoms with van der Waals surface area (Å²) in [7, 11) is 0. The van der Waals surface area contributed by atoms with Crippen molar-refractivity contribution in [3.05, 3.63) is 46.2 Å². The molecule has 4 nitrogen and oxygen atoms in total. The summed E-state index contributed by atoms with van der Waals surface area (Å²) < 4.78 is 5.36. The lowest BCUT2D eigenvalue weighted by Crippen LogP contribution is -2.28. The number of hydrogen-bond acceptors (Lipinski definition) is 4. The number of aryl methyl sites for hydroxylation is 1. The van der Waals surface area contributed by atoms with Gasteiger partial charge in [0.25, 0.3) is 5.91 Å². The van der Waals surface area contributed by atoms with Crippen LogP contribution in [0, 0.1) is 6.92 Å². The average Bonchev–Trinajstić information content (AvgIpc) is 2.81. The standard InChI is InChI=1S/C14H16N2O2S/c1-10-6-7-11(19-10)8-16-14(17)9-18-13-5-3-2-4-12(13)15/h2-7H,8-9,15H2,1H3,(H,16,17). The number of para-hydroxylation sites is 2. The molecule has 100 valence electrons. The zero-order valence-electron chi connectivity index (χ0n) is 10.7. The number of nitrogens with one attached hydrogen (secondary N) is 1. The van der Waals surface area contributed by atoms with Gasteiger partial charge in [0.15, 0.2) is 6.61 Å². The fourth-order valence-electron chi connectivity index (χ4n) is 1.57. The number of carbonyl (C=O) groups excluding carboxylic acids is 1. The maximum Gasteiger partial charge on any atom is 0.258 e. The van der Waals surface area contributed by atoms with Gasteiger partial charge in [0.2, 0.25) is 0 Å². The summed E-state index contributed by atoms with van der Waals surface area (Å²) in [6.45, 7) is 2.54. The van der Waals surface area contributed by atoms with Crippen LogP contribution in [0.2, 0.25) is 0 Å². The first-order valence-electron chi connectivity index (χ1n) is 5.94. The molecule has 1 aromatic carbocycles. The van der Waals surface area contributed by atoms with Crippen molar-refractivity contribution in [3.8, 4) is 5.75 Å². The summed E-state index contributed by atoms with van der Waals surface area (Å²) in [5.41, 5.74) is 6.25. The van der Waals surface area contributed by atoms with Crippen LogP contribution in [0.25, 0.3) is 0 Å². The van der Waals surface area contributed by atoms with E-state index in [1.807, 2.05) is 31.2 Å². The molecule has 2 aromatic rings. The molecular weight excluding hydrogens is 260 g/mol. The zero-order chi connectivity index (χ0) is 13.7. The Balaban J connectivity index is 1.77. The van der Waals surface area contributed by atoms with Crippen LogP contribution in [0.5, 0.6) is 5.75 Å². The van der Waals surface area contributed by atoms with Gasteiger partial charge in [-0.2, -0.15) is 0 Å². The van der Waals surface area contributed by atoms with Crippen molar-refractivity contribution >= 4 is 22.9 Å². The second kappa shape index (κ2) is 6.24. The lowest BCUT2D eigenvalue weighted by atomic mass is 10.3. The number of amides is 1. The molecular formula is C14H16N2O2S. The van der Waals surface area contributed by atoms with Gasteiger partial charge in [-0.05, 0) is 31.2 Å². The van der Waals surface area contributed by atoms with Gasteiger partial charge >= 0.3 is 0 Å². The molecule has 0 saturated heterocycles. The number of rotatable bonds is 5. The van der Waals surface area contributed by atoms with Gasteiger partial charge in [0, 0.05) is 9.75 Å². The van der Waals surface area contributed by atoms with E-state index in [1.54, 1.807) is 23.5 Å². The highest BCUT2D eigenvalue weighted by molar-refractivity contribution is 7.11. The minimum atomic E-state index is -0.158. The molecule has 0 unspecified atom stereocenters. The highest BCUT2D eigenvalue weighted by Crippen LogP contribution is 2.19. The summed E-state index contributed by atoms with van der Waals surface area (Å²) in [4.78, 5) is 14.0. The summed E-state index contributed by atoms with van der Waals surface area (Å²) >= 11 is 1.67. The topological polar surface area (TPSA) is 64.3 Å². The highest BCUT2D eigenvalue weighted by Gasteiger charge is 2.05. The number of hydrogen-bond donors (Lipinski definition) is 2. The molecule has 1 heterocycles. The average molecular weight is 276 g/mol. The van der Waals surface area contributed by atoms with Crippen LogP contribution in [0.3, 0.4) is 0 Å². The number of thiophene rings is 1. The second-order valence-corrected chi connectivity index (χ2v) is 5.49. The monoisotopic (exact) mass is 276 g/mol. The Morgan fingerprint density at radius 2 is 2.11 bits per heavy atom. The van der Waals surface area contributed by atoms with Crippen LogP contribution in [0.15, 0.2) is 36.4 Å². The normalized spacial score (nSPS) is 10.2. The van der Waals surface area contributed by atoms with Crippen LogP contribution in [-0.2, 0) is 11.3 Å². The summed E-state index contributed by atoms with van der Waals surface area (Å²) in [5.74, 6) is 0.374. The maximum absolute atomic E-state index is 11.6. The highest BCUT2D eigenvalue weighted by atomic mass is 32.1. The Hall–Kier alpha value is -2.01. The first kappa shape index (κ1) is 13.4. The first-order chi connectivity index (χ1) is 9.15. The van der Waals surface area contributed by atoms with Crippen LogP contribution < -0.4 is 15.8 Å². The molecule has 0 spiro atoms. The van der Waals surface area contributed by atoms with Crippen LogP contribution >= 0.6 is 11.3 Å². The molecule has 2 rings (SSSR count). The van der Waals surface area contributed by atoms with Crippen molar-refractivity contribution in [2.24, 2.45) is 0 Å². The Bertz CT molecular complexity index is 566. The number of nitrogen functional groups attached to an aromatic ring is 1. The van der Waals surface area contributed by atoms with Gasteiger partial charge in [-0.25, -0.2) is 0 Å². The SMILES string of the molecule is Cc1ccc(CNC(=O)COc2ccccc2N)s1. The van der Waals surface area contributed by atoms with E-state index in [-0.39, 0.29) is 12.5 Å². The van der Waals surface area contributed by atoms with Crippen LogP contribution in [0.4, 0.5) is 5.69 Å². The van der Waals surface area contributed by atoms with Crippen molar-refractivity contribution in [2.45, 2.75) is 13.5 Å². The summed E-state index contributed by atoms with van der Waals surface area (Å²) in [6, 6.07) is 11.2. The molecule has 3 N–H and O–H groups in total. The lowest BCUT2D eigenvalue weighted by Gasteiger charge is -2.08. The van der Waals surface area contributed by atoms with E-state index in [2.05, 4.69) is 5.32 Å². The van der Waals surface area contributed by atoms with E-state index >= 15 is 0 Å². The third-order valence-corrected chi connectivity index (χ3v) is 3.53. The van der Waals surface area contributed by atoms with Crippen molar-refractivity contribution < 1.29 is 9.53 Å². The molecule has 0 bridgehead atoms. The molecule has 0 atom stereocenters. The van der Waals surface area contributed by atoms with Gasteiger partial charge < -0.3 is 15.8 Å². The van der Waals surface area contributed by atoms with Gasteiger partial charge in [-0.15, -0.1) is 11.3 Å². The van der Waals surface area contributed by atoms with Crippen LogP contribution in [-0.4, -0.2) is 12.5 Å². The largest absolute Gasteiger partial charge is 0.482 e. The predicted molar refractivity (Wildman–Crippen MR) is 77.3 cm³/mol. The molecule has 0 fully saturated rings. The Labute approximate surface area is 116 Å². The fraction of sp³-hybridized carbons (Fsp3) is 0.214. The molecule has 0 aliphatic carbocycles. The number of nitrogens with two attached hydrogens (primary N) is 1. The fourth-order valence-corrected chi connectivity index (χ4v) is 2.40. The first-order valence-corrected chi connectivity index (χ1v) is 6.76. The van der Waals surface area contributed by atoms with Crippen molar-refractivity contribution in [1.29, 1.82) is 0 Å². The molecule has 1 amide bonds. The minimum Gasteiger partial charge on any atom is -0.482 e. The predicted octanol–water partition coefficient (Wildman–Crippen LogP) is 2.33. The lowest BCUT2D eigenvalue weighted by molar-refractivity contribution is -0.123. The van der Waals surface area contributed by atoms with Gasteiger partial charge in [0.1, 0.15) is 5.75 Å². The third-order valence-electron chi connectivity index (χ3n) is 2.53. The summed E-state index contributed by atoms with van der Waals surface area (Å²) in [6.07, 6.45) is 0. The molecule has 0 radical (unpaired) electrons. The Morgan fingerprint density at radius 1 is 1.32 bits per heavy atom. The van der Waals surface area contributed by atoms with Gasteiger partial charge in [-0.3, -0.25) is 4.79 Å². The smallest absolute Gasteiger partial charge is 0.258 e. The Morgan fingerprint density at radius 3 is 2.79 bits per heavy atom. The van der Waals surface area contributed by atoms with Crippen molar-refractivity contribution in [3.63, 3.8) is 0 Å². The number of anilines is 1. The molecule has 0 aliphatic heterocycles. The van der Waals surface area contributed by atoms with E-state index in [4.69, 9.17) is 10.5 Å². The quantitative estimate of drug-likeness (QED) is 0.824. The van der Waals surface area contributed by atoms with Crippen LogP contribution in [0.1, 0.15) is 9.75 Å². The van der Waals surface area contributed by atoms with Crippen molar-refractivity contribution in [1.82, 2.24) is 5.32 Å². The second-order valence-electron chi connectivity index (χ2n) is 4.12.